The van der Waals surface area contributed by atoms with Gasteiger partial charge in [0.2, 0.25) is 0 Å². The molecule has 100 valence electrons. The molecule has 3 heteroatoms. The van der Waals surface area contributed by atoms with E-state index in [2.05, 4.69) is 0 Å². The fourth-order valence-electron chi connectivity index (χ4n) is 1.78. The van der Waals surface area contributed by atoms with Gasteiger partial charge in [-0.05, 0) is 57.7 Å². The third kappa shape index (κ3) is 3.31. The highest BCUT2D eigenvalue weighted by atomic mass is 19.1. The minimum absolute atomic E-state index is 0.401. The summed E-state index contributed by atoms with van der Waals surface area (Å²) in [6.45, 7) is 8.29. The van der Waals surface area contributed by atoms with Crippen molar-refractivity contribution in [2.45, 2.75) is 46.7 Å². The average molecular weight is 252 g/mol. The van der Waals surface area contributed by atoms with E-state index in [1.807, 2.05) is 13.0 Å². The van der Waals surface area contributed by atoms with Crippen molar-refractivity contribution in [1.29, 1.82) is 0 Å². The first-order valence-corrected chi connectivity index (χ1v) is 6.06. The standard InChI is InChI=1S/C15H21FO2/c1-10-6-7-12(15(4,5)16)8-11(10)9-14(2,3)13(17)18/h6-8H,9H2,1-5H3,(H,17,18). The lowest BCUT2D eigenvalue weighted by molar-refractivity contribution is -0.146. The number of benzene rings is 1. The zero-order valence-electron chi connectivity index (χ0n) is 11.7. The summed E-state index contributed by atoms with van der Waals surface area (Å²) in [7, 11) is 0. The molecule has 0 saturated carbocycles. The number of hydrogen-bond acceptors (Lipinski definition) is 1. The van der Waals surface area contributed by atoms with Crippen LogP contribution < -0.4 is 0 Å². The first-order valence-electron chi connectivity index (χ1n) is 6.06. The highest BCUT2D eigenvalue weighted by molar-refractivity contribution is 5.74. The lowest BCUT2D eigenvalue weighted by Crippen LogP contribution is -2.26. The second-order valence-corrected chi connectivity index (χ2v) is 5.98. The van der Waals surface area contributed by atoms with Gasteiger partial charge in [0.1, 0.15) is 5.67 Å². The van der Waals surface area contributed by atoms with Gasteiger partial charge in [-0.1, -0.05) is 18.2 Å². The summed E-state index contributed by atoms with van der Waals surface area (Å²) in [5.41, 5.74) is 0.229. The number of carboxylic acid groups (broad SMARTS) is 1. The van der Waals surface area contributed by atoms with E-state index in [4.69, 9.17) is 5.11 Å². The summed E-state index contributed by atoms with van der Waals surface area (Å²) in [5, 5.41) is 9.15. The molecule has 1 rings (SSSR count). The lowest BCUT2D eigenvalue weighted by Gasteiger charge is -2.22. The Labute approximate surface area is 108 Å². The van der Waals surface area contributed by atoms with Crippen molar-refractivity contribution in [2.24, 2.45) is 5.41 Å². The van der Waals surface area contributed by atoms with Gasteiger partial charge < -0.3 is 5.11 Å². The van der Waals surface area contributed by atoms with Gasteiger partial charge in [-0.3, -0.25) is 4.79 Å². The van der Waals surface area contributed by atoms with Crippen LogP contribution in [0.5, 0.6) is 0 Å². The largest absolute Gasteiger partial charge is 0.481 e. The number of aryl methyl sites for hydroxylation is 1. The topological polar surface area (TPSA) is 37.3 Å². The van der Waals surface area contributed by atoms with Gasteiger partial charge in [0.05, 0.1) is 5.41 Å². The molecule has 1 aromatic rings. The molecule has 0 aliphatic carbocycles. The fraction of sp³-hybridized carbons (Fsp3) is 0.533. The molecule has 2 nitrogen and oxygen atoms in total. The lowest BCUT2D eigenvalue weighted by atomic mass is 9.83. The Morgan fingerprint density at radius 3 is 2.28 bits per heavy atom. The molecule has 0 amide bonds. The van der Waals surface area contributed by atoms with Crippen LogP contribution in [-0.2, 0) is 16.9 Å². The predicted octanol–water partition coefficient (Wildman–Crippen LogP) is 3.85. The molecule has 0 aliphatic heterocycles. The summed E-state index contributed by atoms with van der Waals surface area (Å²) in [6, 6.07) is 5.39. The number of alkyl halides is 1. The second-order valence-electron chi connectivity index (χ2n) is 5.98. The van der Waals surface area contributed by atoms with Crippen molar-refractivity contribution in [3.63, 3.8) is 0 Å². The van der Waals surface area contributed by atoms with Gasteiger partial charge in [0.25, 0.3) is 0 Å². The van der Waals surface area contributed by atoms with Crippen LogP contribution in [0.4, 0.5) is 4.39 Å². The maximum atomic E-state index is 13.9. The molecule has 0 atom stereocenters. The molecular weight excluding hydrogens is 231 g/mol. The van der Waals surface area contributed by atoms with E-state index in [9.17, 15) is 9.18 Å². The Hall–Kier alpha value is -1.38. The molecule has 0 unspecified atom stereocenters. The van der Waals surface area contributed by atoms with Crippen molar-refractivity contribution in [3.05, 3.63) is 34.9 Å². The zero-order valence-corrected chi connectivity index (χ0v) is 11.7. The van der Waals surface area contributed by atoms with Crippen molar-refractivity contribution in [1.82, 2.24) is 0 Å². The van der Waals surface area contributed by atoms with Crippen molar-refractivity contribution in [3.8, 4) is 0 Å². The fourth-order valence-corrected chi connectivity index (χ4v) is 1.78. The second kappa shape index (κ2) is 4.71. The monoisotopic (exact) mass is 252 g/mol. The highest BCUT2D eigenvalue weighted by Crippen LogP contribution is 2.30. The van der Waals surface area contributed by atoms with E-state index in [0.29, 0.717) is 12.0 Å². The smallest absolute Gasteiger partial charge is 0.309 e. The molecule has 0 bridgehead atoms. The van der Waals surface area contributed by atoms with Gasteiger partial charge in [0, 0.05) is 0 Å². The van der Waals surface area contributed by atoms with E-state index < -0.39 is 17.1 Å². The third-order valence-electron chi connectivity index (χ3n) is 3.25. The molecule has 1 N–H and O–H groups in total. The molecular formula is C15H21FO2. The first kappa shape index (κ1) is 14.7. The maximum Gasteiger partial charge on any atom is 0.309 e. The van der Waals surface area contributed by atoms with Crippen molar-refractivity contribution < 1.29 is 14.3 Å². The molecule has 0 radical (unpaired) electrons. The predicted molar refractivity (Wildman–Crippen MR) is 70.4 cm³/mol. The molecule has 0 aliphatic rings. The van der Waals surface area contributed by atoms with Crippen LogP contribution >= 0.6 is 0 Å². The molecule has 0 saturated heterocycles. The van der Waals surface area contributed by atoms with Gasteiger partial charge in [0.15, 0.2) is 0 Å². The van der Waals surface area contributed by atoms with E-state index in [1.54, 1.807) is 26.0 Å². The molecule has 0 heterocycles. The first-order chi connectivity index (χ1) is 8.04. The van der Waals surface area contributed by atoms with Crippen molar-refractivity contribution in [2.75, 3.05) is 0 Å². The van der Waals surface area contributed by atoms with E-state index in [0.717, 1.165) is 11.1 Å². The quantitative estimate of drug-likeness (QED) is 0.883. The molecule has 18 heavy (non-hydrogen) atoms. The van der Waals surface area contributed by atoms with E-state index in [-0.39, 0.29) is 0 Å². The van der Waals surface area contributed by atoms with Gasteiger partial charge in [-0.2, -0.15) is 0 Å². The van der Waals surface area contributed by atoms with Crippen molar-refractivity contribution >= 4 is 5.97 Å². The number of hydrogen-bond donors (Lipinski definition) is 1. The van der Waals surface area contributed by atoms with Gasteiger partial charge in [-0.15, -0.1) is 0 Å². The molecule has 0 aromatic heterocycles. The summed E-state index contributed by atoms with van der Waals surface area (Å²) in [5.74, 6) is -0.841. The number of carboxylic acids is 1. The summed E-state index contributed by atoms with van der Waals surface area (Å²) >= 11 is 0. The van der Waals surface area contributed by atoms with Crippen LogP contribution in [0.15, 0.2) is 18.2 Å². The maximum absolute atomic E-state index is 13.9. The van der Waals surface area contributed by atoms with Crippen LogP contribution in [-0.4, -0.2) is 11.1 Å². The molecule has 1 aromatic carbocycles. The van der Waals surface area contributed by atoms with Crippen LogP contribution in [0.2, 0.25) is 0 Å². The number of aliphatic carboxylic acids is 1. The Balaban J connectivity index is 3.14. The average Bonchev–Trinajstić information content (AvgIpc) is 2.19. The van der Waals surface area contributed by atoms with E-state index >= 15 is 0 Å². The Bertz CT molecular complexity index is 456. The van der Waals surface area contributed by atoms with Gasteiger partial charge in [-0.25, -0.2) is 4.39 Å². The van der Waals surface area contributed by atoms with Crippen LogP contribution in [0.3, 0.4) is 0 Å². The normalized spacial score (nSPS) is 12.6. The number of halogens is 1. The molecule has 0 spiro atoms. The Morgan fingerprint density at radius 1 is 1.28 bits per heavy atom. The molecule has 0 fully saturated rings. The van der Waals surface area contributed by atoms with E-state index in [1.165, 1.54) is 13.8 Å². The summed E-state index contributed by atoms with van der Waals surface area (Å²) in [4.78, 5) is 11.1. The van der Waals surface area contributed by atoms with Gasteiger partial charge >= 0.3 is 5.97 Å². The SMILES string of the molecule is Cc1ccc(C(C)(C)F)cc1CC(C)(C)C(=O)O. The number of carbonyl (C=O) groups is 1. The van der Waals surface area contributed by atoms with Crippen LogP contribution in [0.1, 0.15) is 44.4 Å². The zero-order chi connectivity index (χ0) is 14.1. The van der Waals surface area contributed by atoms with Crippen LogP contribution in [0.25, 0.3) is 0 Å². The third-order valence-corrected chi connectivity index (χ3v) is 3.25. The minimum Gasteiger partial charge on any atom is -0.481 e. The summed E-state index contributed by atoms with van der Waals surface area (Å²) in [6.07, 6.45) is 0.401. The number of rotatable bonds is 4. The van der Waals surface area contributed by atoms with Crippen LogP contribution in [0, 0.1) is 12.3 Å². The Kier molecular flexibility index (Phi) is 3.84. The minimum atomic E-state index is -1.41. The Morgan fingerprint density at radius 2 is 1.83 bits per heavy atom. The summed E-state index contributed by atoms with van der Waals surface area (Å²) < 4.78 is 13.9. The highest BCUT2D eigenvalue weighted by Gasteiger charge is 2.29.